The molecule has 0 radical (unpaired) electrons. The SMILES string of the molecule is O=C(NN=Cc1ccc2ccccc2c1)c1cc(O)c(O)c(O)c1. The van der Waals surface area contributed by atoms with Crippen molar-refractivity contribution >= 4 is 22.9 Å². The van der Waals surface area contributed by atoms with Gasteiger partial charge in [0.25, 0.3) is 5.91 Å². The van der Waals surface area contributed by atoms with Crippen LogP contribution in [0.2, 0.25) is 0 Å². The number of nitrogens with zero attached hydrogens (tertiary/aromatic N) is 1. The van der Waals surface area contributed by atoms with E-state index < -0.39 is 23.2 Å². The Balaban J connectivity index is 1.74. The molecule has 24 heavy (non-hydrogen) atoms. The van der Waals surface area contributed by atoms with Crippen molar-refractivity contribution in [2.45, 2.75) is 0 Å². The molecule has 0 aliphatic carbocycles. The van der Waals surface area contributed by atoms with Crippen molar-refractivity contribution in [3.05, 3.63) is 65.7 Å². The Labute approximate surface area is 137 Å². The van der Waals surface area contributed by atoms with Crippen LogP contribution in [0, 0.1) is 0 Å². The molecule has 0 saturated heterocycles. The molecule has 0 spiro atoms. The molecule has 0 aliphatic heterocycles. The average Bonchev–Trinajstić information content (AvgIpc) is 2.59. The number of fused-ring (bicyclic) bond motifs is 1. The van der Waals surface area contributed by atoms with Crippen LogP contribution in [0.3, 0.4) is 0 Å². The second kappa shape index (κ2) is 6.29. The number of rotatable bonds is 3. The van der Waals surface area contributed by atoms with Crippen molar-refractivity contribution in [3.63, 3.8) is 0 Å². The Kier molecular flexibility index (Phi) is 4.03. The van der Waals surface area contributed by atoms with Crippen molar-refractivity contribution in [1.82, 2.24) is 5.43 Å². The second-order valence-electron chi connectivity index (χ2n) is 5.17. The summed E-state index contributed by atoms with van der Waals surface area (Å²) in [6.07, 6.45) is 1.49. The zero-order chi connectivity index (χ0) is 17.1. The summed E-state index contributed by atoms with van der Waals surface area (Å²) in [6.45, 7) is 0. The van der Waals surface area contributed by atoms with Crippen molar-refractivity contribution in [2.24, 2.45) is 5.10 Å². The maximum absolute atomic E-state index is 11.9. The zero-order valence-electron chi connectivity index (χ0n) is 12.5. The van der Waals surface area contributed by atoms with Crippen LogP contribution in [0.15, 0.2) is 59.7 Å². The molecule has 3 aromatic rings. The molecule has 6 nitrogen and oxygen atoms in total. The molecule has 4 N–H and O–H groups in total. The largest absolute Gasteiger partial charge is 0.504 e. The maximum Gasteiger partial charge on any atom is 0.271 e. The van der Waals surface area contributed by atoms with Crippen LogP contribution in [0.5, 0.6) is 17.2 Å². The van der Waals surface area contributed by atoms with E-state index in [1.807, 2.05) is 42.5 Å². The van der Waals surface area contributed by atoms with Gasteiger partial charge in [0.05, 0.1) is 6.21 Å². The number of hydrogen-bond acceptors (Lipinski definition) is 5. The van der Waals surface area contributed by atoms with Crippen LogP contribution >= 0.6 is 0 Å². The highest BCUT2D eigenvalue weighted by atomic mass is 16.3. The van der Waals surface area contributed by atoms with E-state index in [-0.39, 0.29) is 5.56 Å². The van der Waals surface area contributed by atoms with E-state index in [4.69, 9.17) is 0 Å². The van der Waals surface area contributed by atoms with Gasteiger partial charge in [0.15, 0.2) is 17.2 Å². The molecule has 0 bridgehead atoms. The Morgan fingerprint density at radius 1 is 0.917 bits per heavy atom. The highest BCUT2D eigenvalue weighted by Crippen LogP contribution is 2.35. The molecule has 3 rings (SSSR count). The molecule has 0 atom stereocenters. The lowest BCUT2D eigenvalue weighted by molar-refractivity contribution is 0.0954. The van der Waals surface area contributed by atoms with Gasteiger partial charge in [0, 0.05) is 5.56 Å². The Morgan fingerprint density at radius 3 is 2.29 bits per heavy atom. The van der Waals surface area contributed by atoms with Gasteiger partial charge >= 0.3 is 0 Å². The number of aromatic hydroxyl groups is 3. The number of nitrogens with one attached hydrogen (secondary N) is 1. The summed E-state index contributed by atoms with van der Waals surface area (Å²) >= 11 is 0. The normalized spacial score (nSPS) is 11.0. The number of carbonyl (C=O) groups excluding carboxylic acids is 1. The van der Waals surface area contributed by atoms with Crippen LogP contribution in [-0.2, 0) is 0 Å². The Hall–Kier alpha value is -3.54. The standard InChI is InChI=1S/C18H14N2O4/c21-15-8-14(9-16(22)17(15)23)18(24)20-19-10-11-5-6-12-3-1-2-4-13(12)7-11/h1-10,21-23H,(H,20,24). The first kappa shape index (κ1) is 15.4. The number of hydrazone groups is 1. The molecule has 0 heterocycles. The van der Waals surface area contributed by atoms with Crippen LogP contribution in [0.25, 0.3) is 10.8 Å². The molecule has 0 aliphatic rings. The van der Waals surface area contributed by atoms with E-state index in [0.717, 1.165) is 28.5 Å². The fraction of sp³-hybridized carbons (Fsp3) is 0. The van der Waals surface area contributed by atoms with E-state index in [2.05, 4.69) is 10.5 Å². The lowest BCUT2D eigenvalue weighted by Gasteiger charge is -2.04. The second-order valence-corrected chi connectivity index (χ2v) is 5.17. The minimum absolute atomic E-state index is 0.0292. The van der Waals surface area contributed by atoms with Crippen LogP contribution < -0.4 is 5.43 Å². The van der Waals surface area contributed by atoms with E-state index in [1.165, 1.54) is 6.21 Å². The van der Waals surface area contributed by atoms with Crippen molar-refractivity contribution in [3.8, 4) is 17.2 Å². The summed E-state index contributed by atoms with van der Waals surface area (Å²) in [7, 11) is 0. The predicted octanol–water partition coefficient (Wildman–Crippen LogP) is 2.72. The van der Waals surface area contributed by atoms with Gasteiger partial charge in [-0.1, -0.05) is 36.4 Å². The quantitative estimate of drug-likeness (QED) is 0.338. The van der Waals surface area contributed by atoms with Gasteiger partial charge in [-0.2, -0.15) is 5.10 Å². The smallest absolute Gasteiger partial charge is 0.271 e. The lowest BCUT2D eigenvalue weighted by Crippen LogP contribution is -2.17. The lowest BCUT2D eigenvalue weighted by atomic mass is 10.1. The summed E-state index contributed by atoms with van der Waals surface area (Å²) in [6, 6.07) is 15.7. The topological polar surface area (TPSA) is 102 Å². The first-order chi connectivity index (χ1) is 11.5. The number of hydrogen-bond donors (Lipinski definition) is 4. The highest BCUT2D eigenvalue weighted by Gasteiger charge is 2.12. The van der Waals surface area contributed by atoms with Crippen molar-refractivity contribution in [2.75, 3.05) is 0 Å². The fourth-order valence-corrected chi connectivity index (χ4v) is 2.25. The third-order valence-corrected chi connectivity index (χ3v) is 3.49. The highest BCUT2D eigenvalue weighted by molar-refractivity contribution is 5.96. The van der Waals surface area contributed by atoms with E-state index in [1.54, 1.807) is 0 Å². The van der Waals surface area contributed by atoms with Gasteiger partial charge in [-0.05, 0) is 34.5 Å². The summed E-state index contributed by atoms with van der Waals surface area (Å²) in [5.41, 5.74) is 3.08. The van der Waals surface area contributed by atoms with Gasteiger partial charge in [0.1, 0.15) is 0 Å². The monoisotopic (exact) mass is 322 g/mol. The van der Waals surface area contributed by atoms with Gasteiger partial charge in [-0.3, -0.25) is 4.79 Å². The maximum atomic E-state index is 11.9. The number of phenolic OH excluding ortho intramolecular Hbond substituents is 3. The molecule has 1 amide bonds. The first-order valence-electron chi connectivity index (χ1n) is 7.12. The van der Waals surface area contributed by atoms with Gasteiger partial charge in [-0.25, -0.2) is 5.43 Å². The van der Waals surface area contributed by atoms with Gasteiger partial charge in [-0.15, -0.1) is 0 Å². The summed E-state index contributed by atoms with van der Waals surface area (Å²) in [5, 5.41) is 34.1. The molecule has 6 heteroatoms. The van der Waals surface area contributed by atoms with E-state index in [9.17, 15) is 20.1 Å². The molecule has 0 aromatic heterocycles. The molecule has 3 aromatic carbocycles. The molecular weight excluding hydrogens is 308 g/mol. The van der Waals surface area contributed by atoms with Crippen molar-refractivity contribution in [1.29, 1.82) is 0 Å². The third-order valence-electron chi connectivity index (χ3n) is 3.49. The summed E-state index contributed by atoms with van der Waals surface area (Å²) in [4.78, 5) is 11.9. The molecule has 0 fully saturated rings. The summed E-state index contributed by atoms with van der Waals surface area (Å²) < 4.78 is 0. The molecule has 120 valence electrons. The van der Waals surface area contributed by atoms with Crippen molar-refractivity contribution < 1.29 is 20.1 Å². The average molecular weight is 322 g/mol. The molecule has 0 saturated carbocycles. The van der Waals surface area contributed by atoms with E-state index in [0.29, 0.717) is 0 Å². The summed E-state index contributed by atoms with van der Waals surface area (Å²) in [5.74, 6) is -2.47. The number of carbonyl (C=O) groups is 1. The fourth-order valence-electron chi connectivity index (χ4n) is 2.25. The number of benzene rings is 3. The predicted molar refractivity (Wildman–Crippen MR) is 90.4 cm³/mol. The van der Waals surface area contributed by atoms with Crippen LogP contribution in [-0.4, -0.2) is 27.4 Å². The Morgan fingerprint density at radius 2 is 1.58 bits per heavy atom. The molecule has 0 unspecified atom stereocenters. The van der Waals surface area contributed by atoms with Gasteiger partial charge < -0.3 is 15.3 Å². The van der Waals surface area contributed by atoms with Crippen LogP contribution in [0.1, 0.15) is 15.9 Å². The molecular formula is C18H14N2O4. The van der Waals surface area contributed by atoms with Gasteiger partial charge in [0.2, 0.25) is 0 Å². The minimum Gasteiger partial charge on any atom is -0.504 e. The zero-order valence-corrected chi connectivity index (χ0v) is 12.5. The Bertz CT molecular complexity index is 928. The number of amides is 1. The number of phenols is 3. The van der Waals surface area contributed by atoms with Crippen LogP contribution in [0.4, 0.5) is 0 Å². The first-order valence-corrected chi connectivity index (χ1v) is 7.12. The van der Waals surface area contributed by atoms with E-state index >= 15 is 0 Å². The third kappa shape index (κ3) is 3.12. The minimum atomic E-state index is -0.675.